The van der Waals surface area contributed by atoms with Crippen molar-refractivity contribution in [2.75, 3.05) is 6.54 Å². The second-order valence-electron chi connectivity index (χ2n) is 5.54. The number of para-hydroxylation sites is 1. The van der Waals surface area contributed by atoms with Crippen LogP contribution in [0.5, 0.6) is 0 Å². The number of hydrogen-bond donors (Lipinski definition) is 1. The molecule has 2 rings (SSSR count). The highest BCUT2D eigenvalue weighted by Crippen LogP contribution is 2.22. The van der Waals surface area contributed by atoms with E-state index in [1.807, 2.05) is 0 Å². The van der Waals surface area contributed by atoms with Crippen LogP contribution in [0.4, 0.5) is 0 Å². The van der Waals surface area contributed by atoms with Crippen LogP contribution in [-0.4, -0.2) is 11.1 Å². The van der Waals surface area contributed by atoms with Crippen LogP contribution < -0.4 is 5.73 Å². The summed E-state index contributed by atoms with van der Waals surface area (Å²) in [5.74, 6) is 0. The number of aromatic nitrogens is 1. The molecule has 0 spiro atoms. The number of fused-ring (bicyclic) bond motifs is 1. The van der Waals surface area contributed by atoms with Gasteiger partial charge in [-0.25, -0.2) is 0 Å². The summed E-state index contributed by atoms with van der Waals surface area (Å²) >= 11 is 0. The molecule has 0 aliphatic rings. The lowest BCUT2D eigenvalue weighted by atomic mass is 9.88. The van der Waals surface area contributed by atoms with Crippen molar-refractivity contribution in [3.8, 4) is 0 Å². The molecule has 2 aromatic rings. The summed E-state index contributed by atoms with van der Waals surface area (Å²) in [4.78, 5) is 0. The average molecular weight is 230 g/mol. The van der Waals surface area contributed by atoms with E-state index in [1.54, 1.807) is 0 Å². The van der Waals surface area contributed by atoms with Crippen molar-refractivity contribution in [3.05, 3.63) is 36.5 Å². The van der Waals surface area contributed by atoms with E-state index >= 15 is 0 Å². The first kappa shape index (κ1) is 12.2. The summed E-state index contributed by atoms with van der Waals surface area (Å²) in [6, 6.07) is 10.7. The van der Waals surface area contributed by atoms with Crippen LogP contribution in [0, 0.1) is 5.41 Å². The molecule has 0 atom stereocenters. The van der Waals surface area contributed by atoms with E-state index < -0.39 is 0 Å². The molecule has 0 radical (unpaired) electrons. The quantitative estimate of drug-likeness (QED) is 0.838. The van der Waals surface area contributed by atoms with Crippen LogP contribution in [0.2, 0.25) is 0 Å². The van der Waals surface area contributed by atoms with Gasteiger partial charge >= 0.3 is 0 Å². The van der Waals surface area contributed by atoms with Gasteiger partial charge in [-0.15, -0.1) is 0 Å². The van der Waals surface area contributed by atoms with E-state index in [0.29, 0.717) is 0 Å². The van der Waals surface area contributed by atoms with Gasteiger partial charge in [-0.2, -0.15) is 0 Å². The predicted molar refractivity (Wildman–Crippen MR) is 74.0 cm³/mol. The van der Waals surface area contributed by atoms with E-state index in [1.165, 1.54) is 23.7 Å². The molecule has 2 N–H and O–H groups in total. The van der Waals surface area contributed by atoms with Crippen molar-refractivity contribution in [1.29, 1.82) is 0 Å². The zero-order chi connectivity index (χ0) is 12.3. The molecule has 0 fully saturated rings. The molecule has 92 valence electrons. The van der Waals surface area contributed by atoms with Crippen LogP contribution in [0.3, 0.4) is 0 Å². The Morgan fingerprint density at radius 3 is 2.71 bits per heavy atom. The number of benzene rings is 1. The highest BCUT2D eigenvalue weighted by atomic mass is 14.9. The summed E-state index contributed by atoms with van der Waals surface area (Å²) < 4.78 is 2.34. The fraction of sp³-hybridized carbons (Fsp3) is 0.467. The molecule has 1 heterocycles. The van der Waals surface area contributed by atoms with Gasteiger partial charge in [-0.05, 0) is 42.3 Å². The molecular weight excluding hydrogens is 208 g/mol. The second-order valence-corrected chi connectivity index (χ2v) is 5.54. The lowest BCUT2D eigenvalue weighted by molar-refractivity contribution is 0.328. The van der Waals surface area contributed by atoms with Crippen molar-refractivity contribution >= 4 is 10.9 Å². The molecule has 0 saturated carbocycles. The SMILES string of the molecule is CC(C)(CN)CCCn1ccc2ccccc21. The van der Waals surface area contributed by atoms with E-state index in [4.69, 9.17) is 5.73 Å². The molecule has 1 aromatic carbocycles. The van der Waals surface area contributed by atoms with Gasteiger partial charge in [0.1, 0.15) is 0 Å². The minimum Gasteiger partial charge on any atom is -0.347 e. The maximum atomic E-state index is 5.75. The third-order valence-corrected chi connectivity index (χ3v) is 3.49. The van der Waals surface area contributed by atoms with Gasteiger partial charge in [0.05, 0.1) is 0 Å². The van der Waals surface area contributed by atoms with Crippen molar-refractivity contribution in [3.63, 3.8) is 0 Å². The number of rotatable bonds is 5. The van der Waals surface area contributed by atoms with Crippen molar-refractivity contribution < 1.29 is 0 Å². The third kappa shape index (κ3) is 2.89. The smallest absolute Gasteiger partial charge is 0.0480 e. The molecule has 0 bridgehead atoms. The van der Waals surface area contributed by atoms with Crippen LogP contribution in [0.1, 0.15) is 26.7 Å². The Kier molecular flexibility index (Phi) is 3.53. The van der Waals surface area contributed by atoms with Crippen molar-refractivity contribution in [1.82, 2.24) is 4.57 Å². The molecule has 2 heteroatoms. The van der Waals surface area contributed by atoms with Gasteiger partial charge in [0.15, 0.2) is 0 Å². The molecule has 0 aliphatic carbocycles. The van der Waals surface area contributed by atoms with E-state index in [0.717, 1.165) is 13.1 Å². The van der Waals surface area contributed by atoms with Crippen molar-refractivity contribution in [2.24, 2.45) is 11.1 Å². The van der Waals surface area contributed by atoms with Gasteiger partial charge < -0.3 is 10.3 Å². The summed E-state index contributed by atoms with van der Waals surface area (Å²) in [5, 5.41) is 1.32. The highest BCUT2D eigenvalue weighted by Gasteiger charge is 2.14. The van der Waals surface area contributed by atoms with Gasteiger partial charge in [0, 0.05) is 18.3 Å². The third-order valence-electron chi connectivity index (χ3n) is 3.49. The Morgan fingerprint density at radius 2 is 1.94 bits per heavy atom. The van der Waals surface area contributed by atoms with Crippen LogP contribution >= 0.6 is 0 Å². The summed E-state index contributed by atoms with van der Waals surface area (Å²) in [7, 11) is 0. The molecule has 1 aromatic heterocycles. The van der Waals surface area contributed by atoms with Crippen LogP contribution in [-0.2, 0) is 6.54 Å². The maximum Gasteiger partial charge on any atom is 0.0480 e. The maximum absolute atomic E-state index is 5.75. The average Bonchev–Trinajstić information content (AvgIpc) is 2.73. The molecule has 2 nitrogen and oxygen atoms in total. The number of aryl methyl sites for hydroxylation is 1. The Balaban J connectivity index is 2.00. The fourth-order valence-corrected chi connectivity index (χ4v) is 2.17. The largest absolute Gasteiger partial charge is 0.347 e. The number of nitrogens with two attached hydrogens (primary N) is 1. The highest BCUT2D eigenvalue weighted by molar-refractivity contribution is 5.79. The first-order chi connectivity index (χ1) is 8.12. The lowest BCUT2D eigenvalue weighted by Crippen LogP contribution is -2.23. The summed E-state index contributed by atoms with van der Waals surface area (Å²) in [6.45, 7) is 6.32. The van der Waals surface area contributed by atoms with E-state index in [2.05, 4.69) is 54.9 Å². The van der Waals surface area contributed by atoms with Gasteiger partial charge in [0.2, 0.25) is 0 Å². The first-order valence-corrected chi connectivity index (χ1v) is 6.36. The predicted octanol–water partition coefficient (Wildman–Crippen LogP) is 3.41. The Bertz CT molecular complexity index is 482. The van der Waals surface area contributed by atoms with E-state index in [-0.39, 0.29) is 5.41 Å². The van der Waals surface area contributed by atoms with Crippen molar-refractivity contribution in [2.45, 2.75) is 33.2 Å². The Hall–Kier alpha value is -1.28. The Labute approximate surface area is 103 Å². The van der Waals surface area contributed by atoms with Gasteiger partial charge in [-0.1, -0.05) is 32.0 Å². The molecular formula is C15H22N2. The normalized spacial score (nSPS) is 12.2. The topological polar surface area (TPSA) is 30.9 Å². The fourth-order valence-electron chi connectivity index (χ4n) is 2.17. The molecule has 0 aliphatic heterocycles. The minimum absolute atomic E-state index is 0.267. The zero-order valence-electron chi connectivity index (χ0n) is 10.8. The van der Waals surface area contributed by atoms with Gasteiger partial charge in [-0.3, -0.25) is 0 Å². The Morgan fingerprint density at radius 1 is 1.18 bits per heavy atom. The minimum atomic E-state index is 0.267. The molecule has 0 saturated heterocycles. The van der Waals surface area contributed by atoms with Crippen LogP contribution in [0.15, 0.2) is 36.5 Å². The molecule has 17 heavy (non-hydrogen) atoms. The second kappa shape index (κ2) is 4.92. The monoisotopic (exact) mass is 230 g/mol. The molecule has 0 unspecified atom stereocenters. The molecule has 0 amide bonds. The number of hydrogen-bond acceptors (Lipinski definition) is 1. The summed E-state index contributed by atoms with van der Waals surface area (Å²) in [6.07, 6.45) is 4.54. The number of nitrogens with zero attached hydrogens (tertiary/aromatic N) is 1. The van der Waals surface area contributed by atoms with Crippen LogP contribution in [0.25, 0.3) is 10.9 Å². The van der Waals surface area contributed by atoms with Gasteiger partial charge in [0.25, 0.3) is 0 Å². The standard InChI is InChI=1S/C15H22N2/c1-15(2,12-16)9-5-10-17-11-8-13-6-3-4-7-14(13)17/h3-4,6-8,11H,5,9-10,12,16H2,1-2H3. The van der Waals surface area contributed by atoms with E-state index in [9.17, 15) is 0 Å². The zero-order valence-corrected chi connectivity index (χ0v) is 10.8. The summed E-state index contributed by atoms with van der Waals surface area (Å²) in [5.41, 5.74) is 7.35. The lowest BCUT2D eigenvalue weighted by Gasteiger charge is -2.22. The first-order valence-electron chi connectivity index (χ1n) is 6.36.